The second-order valence-electron chi connectivity index (χ2n) is 10.9. The highest BCUT2D eigenvalue weighted by Gasteiger charge is 2.55. The second kappa shape index (κ2) is 9.61. The summed E-state index contributed by atoms with van der Waals surface area (Å²) in [5.41, 5.74) is -0.308. The summed E-state index contributed by atoms with van der Waals surface area (Å²) >= 11 is 0. The van der Waals surface area contributed by atoms with Crippen LogP contribution in [-0.2, 0) is 10.2 Å². The Kier molecular flexibility index (Phi) is 7.11. The van der Waals surface area contributed by atoms with E-state index < -0.39 is 17.6 Å². The van der Waals surface area contributed by atoms with E-state index >= 15 is 0 Å². The van der Waals surface area contributed by atoms with E-state index in [9.17, 15) is 13.2 Å². The predicted octanol–water partition coefficient (Wildman–Crippen LogP) is 5.27. The first-order chi connectivity index (χ1) is 16.1. The van der Waals surface area contributed by atoms with Crippen molar-refractivity contribution in [2.75, 3.05) is 13.2 Å². The molecule has 3 N–H and O–H groups in total. The molecule has 3 fully saturated rings. The summed E-state index contributed by atoms with van der Waals surface area (Å²) in [5.74, 6) is 0. The minimum atomic E-state index is -4.31. The summed E-state index contributed by atoms with van der Waals surface area (Å²) in [6.07, 6.45) is 7.80. The van der Waals surface area contributed by atoms with Gasteiger partial charge in [-0.25, -0.2) is 0 Å². The van der Waals surface area contributed by atoms with E-state index in [1.807, 2.05) is 18.3 Å². The zero-order valence-electron chi connectivity index (χ0n) is 20.2. The molecule has 4 rings (SSSR count). The average Bonchev–Trinajstić information content (AvgIpc) is 3.41. The molecule has 1 aliphatic carbocycles. The molecule has 2 aliphatic heterocycles. The number of alkyl halides is 3. The Morgan fingerprint density at radius 3 is 2.65 bits per heavy atom. The third kappa shape index (κ3) is 4.89. The van der Waals surface area contributed by atoms with Crippen LogP contribution in [0, 0.1) is 10.8 Å². The summed E-state index contributed by atoms with van der Waals surface area (Å²) in [4.78, 5) is 4.73. The van der Waals surface area contributed by atoms with Gasteiger partial charge in [0.25, 0.3) is 0 Å². The Bertz CT molecular complexity index is 880. The summed E-state index contributed by atoms with van der Waals surface area (Å²) in [5, 5.41) is 14.0. The van der Waals surface area contributed by atoms with Crippen LogP contribution in [0.3, 0.4) is 0 Å². The van der Waals surface area contributed by atoms with Gasteiger partial charge in [0, 0.05) is 47.9 Å². The van der Waals surface area contributed by atoms with Gasteiger partial charge in [-0.1, -0.05) is 18.9 Å². The van der Waals surface area contributed by atoms with Crippen molar-refractivity contribution in [3.63, 3.8) is 0 Å². The fourth-order valence-corrected chi connectivity index (χ4v) is 6.13. The van der Waals surface area contributed by atoms with Crippen molar-refractivity contribution in [3.8, 4) is 0 Å². The maximum atomic E-state index is 13.7. The highest BCUT2D eigenvalue weighted by Crippen LogP contribution is 2.50. The zero-order chi connectivity index (χ0) is 24.5. The Morgan fingerprint density at radius 1 is 1.24 bits per heavy atom. The largest absolute Gasteiger partial charge is 0.395 e. The second-order valence-corrected chi connectivity index (χ2v) is 10.9. The first-order valence-corrected chi connectivity index (χ1v) is 12.4. The van der Waals surface area contributed by atoms with Crippen LogP contribution in [-0.4, -0.2) is 48.2 Å². The van der Waals surface area contributed by atoms with E-state index in [1.165, 1.54) is 26.7 Å². The Labute approximate surface area is 200 Å². The fourth-order valence-electron chi connectivity index (χ4n) is 6.13. The van der Waals surface area contributed by atoms with E-state index in [4.69, 9.17) is 15.1 Å². The number of pyridine rings is 1. The molecule has 34 heavy (non-hydrogen) atoms. The lowest BCUT2D eigenvalue weighted by Crippen LogP contribution is -2.48. The molecule has 8 heteroatoms. The van der Waals surface area contributed by atoms with E-state index in [0.29, 0.717) is 25.3 Å². The van der Waals surface area contributed by atoms with Gasteiger partial charge in [0.15, 0.2) is 0 Å². The molecule has 3 atom stereocenters. The molecule has 1 aromatic heterocycles. The first kappa shape index (κ1) is 25.2. The molecule has 3 aliphatic rings. The van der Waals surface area contributed by atoms with Crippen LogP contribution in [0.15, 0.2) is 36.2 Å². The number of rotatable bonds is 7. The molecule has 1 spiro atoms. The van der Waals surface area contributed by atoms with Gasteiger partial charge >= 0.3 is 6.18 Å². The molecule has 188 valence electrons. The van der Waals surface area contributed by atoms with Crippen LogP contribution >= 0.6 is 0 Å². The molecule has 3 heterocycles. The normalized spacial score (nSPS) is 30.6. The summed E-state index contributed by atoms with van der Waals surface area (Å²) < 4.78 is 47.3. The van der Waals surface area contributed by atoms with Crippen molar-refractivity contribution in [3.05, 3.63) is 41.9 Å². The number of allylic oxidation sites excluding steroid dienone is 1. The van der Waals surface area contributed by atoms with Crippen LogP contribution in [0.2, 0.25) is 0 Å². The lowest BCUT2D eigenvalue weighted by molar-refractivity contribution is -0.219. The number of hydrogen-bond acceptors (Lipinski definition) is 5. The first-order valence-electron chi connectivity index (χ1n) is 12.4. The Morgan fingerprint density at radius 2 is 2.00 bits per heavy atom. The Balaban J connectivity index is 1.49. The molecular formula is C26H37F3N4O. The van der Waals surface area contributed by atoms with E-state index in [-0.39, 0.29) is 17.1 Å². The number of hydrogen-bond donors (Lipinski definition) is 3. The molecule has 0 radical (unpaired) electrons. The minimum absolute atomic E-state index is 0.0717. The van der Waals surface area contributed by atoms with E-state index in [1.54, 1.807) is 6.08 Å². The maximum Gasteiger partial charge on any atom is 0.395 e. The lowest BCUT2D eigenvalue weighted by Gasteiger charge is -2.46. The van der Waals surface area contributed by atoms with Crippen LogP contribution < -0.4 is 10.6 Å². The molecule has 2 saturated heterocycles. The van der Waals surface area contributed by atoms with Crippen LogP contribution in [0.5, 0.6) is 0 Å². The van der Waals surface area contributed by atoms with Gasteiger partial charge < -0.3 is 20.8 Å². The highest BCUT2D eigenvalue weighted by molar-refractivity contribution is 5.69. The molecule has 0 amide bonds. The standard InChI is InChI=1S/C26H37F3N4O/c1-23(2,26(27,28)29)22-17-20(19(33-22)8-13-30)31-15-11-24(21-7-3-6-14-32-21)12-16-34-25(18-24)9-4-5-10-25/h3,6-8,13-14,20,22,30-31,33H,4-5,9-12,15-18H2,1-2H3/b19-8-,30-13?/t20?,22?,24-/m1/s1. The quantitative estimate of drug-likeness (QED) is 0.467. The fraction of sp³-hybridized carbons (Fsp3) is 0.692. The molecule has 2 unspecified atom stereocenters. The molecule has 5 nitrogen and oxygen atoms in total. The van der Waals surface area contributed by atoms with Crippen LogP contribution in [0.4, 0.5) is 13.2 Å². The van der Waals surface area contributed by atoms with E-state index in [2.05, 4.69) is 16.7 Å². The lowest BCUT2D eigenvalue weighted by atomic mass is 9.68. The molecule has 1 saturated carbocycles. The average molecular weight is 479 g/mol. The van der Waals surface area contributed by atoms with Crippen molar-refractivity contribution >= 4 is 6.21 Å². The van der Waals surface area contributed by atoms with Gasteiger partial charge in [0.05, 0.1) is 11.0 Å². The monoisotopic (exact) mass is 478 g/mol. The number of nitrogens with zero attached hydrogens (tertiary/aromatic N) is 1. The minimum Gasteiger partial charge on any atom is -0.383 e. The molecule has 1 aromatic rings. The zero-order valence-corrected chi connectivity index (χ0v) is 20.2. The topological polar surface area (TPSA) is 70.0 Å². The summed E-state index contributed by atoms with van der Waals surface area (Å²) in [6.45, 7) is 3.86. The molecule has 0 bridgehead atoms. The summed E-state index contributed by atoms with van der Waals surface area (Å²) in [7, 11) is 0. The van der Waals surface area contributed by atoms with Crippen molar-refractivity contribution in [1.82, 2.24) is 15.6 Å². The van der Waals surface area contributed by atoms with E-state index in [0.717, 1.165) is 44.0 Å². The van der Waals surface area contributed by atoms with Gasteiger partial charge in [-0.2, -0.15) is 13.2 Å². The highest BCUT2D eigenvalue weighted by atomic mass is 19.4. The predicted molar refractivity (Wildman–Crippen MR) is 127 cm³/mol. The molecule has 0 aromatic carbocycles. The smallest absolute Gasteiger partial charge is 0.383 e. The third-order valence-electron chi connectivity index (χ3n) is 8.42. The van der Waals surface area contributed by atoms with Gasteiger partial charge in [-0.3, -0.25) is 4.98 Å². The van der Waals surface area contributed by atoms with Crippen molar-refractivity contribution in [2.45, 2.75) is 94.5 Å². The number of aromatic nitrogens is 1. The molecular weight excluding hydrogens is 441 g/mol. The summed E-state index contributed by atoms with van der Waals surface area (Å²) in [6, 6.07) is 5.08. The van der Waals surface area contributed by atoms with Gasteiger partial charge in [0.1, 0.15) is 0 Å². The third-order valence-corrected chi connectivity index (χ3v) is 8.42. The number of nitrogens with one attached hydrogen (secondary N) is 3. The van der Waals surface area contributed by atoms with Crippen molar-refractivity contribution in [1.29, 1.82) is 5.41 Å². The van der Waals surface area contributed by atoms with Crippen LogP contribution in [0.1, 0.15) is 70.9 Å². The van der Waals surface area contributed by atoms with Gasteiger partial charge in [-0.15, -0.1) is 0 Å². The van der Waals surface area contributed by atoms with Gasteiger partial charge in [-0.05, 0) is 77.1 Å². The SMILES string of the molecule is CC(C)(C1CC(NCC[C@@]2(c3ccccn3)CCOC3(CCCC3)C2)/C(=C/C=N)N1)C(F)(F)F. The number of ether oxygens (including phenoxy) is 1. The number of halogens is 3. The maximum absolute atomic E-state index is 13.7. The van der Waals surface area contributed by atoms with Crippen LogP contribution in [0.25, 0.3) is 0 Å². The van der Waals surface area contributed by atoms with Gasteiger partial charge in [0.2, 0.25) is 0 Å². The van der Waals surface area contributed by atoms with Crippen molar-refractivity contribution in [2.24, 2.45) is 5.41 Å². The van der Waals surface area contributed by atoms with Crippen molar-refractivity contribution < 1.29 is 17.9 Å². The Hall–Kier alpha value is -1.93.